The van der Waals surface area contributed by atoms with Crippen LogP contribution >= 0.6 is 0 Å². The highest BCUT2D eigenvalue weighted by atomic mass is 14.8. The van der Waals surface area contributed by atoms with Crippen molar-refractivity contribution in [2.75, 3.05) is 0 Å². The second kappa shape index (κ2) is 5.82. The molecule has 5 rings (SSSR count). The number of para-hydroxylation sites is 1. The molecule has 2 nitrogen and oxygen atoms in total. The van der Waals surface area contributed by atoms with Gasteiger partial charge < -0.3 is 0 Å². The minimum Gasteiger partial charge on any atom is -0.257 e. The molecule has 1 aliphatic heterocycles. The van der Waals surface area contributed by atoms with Gasteiger partial charge in [0.05, 0.1) is 11.2 Å². The van der Waals surface area contributed by atoms with Crippen LogP contribution in [-0.2, 0) is 12.8 Å². The van der Waals surface area contributed by atoms with Crippen LogP contribution in [0.25, 0.3) is 21.7 Å². The first-order valence-electron chi connectivity index (χ1n) is 8.78. The third-order valence-electron chi connectivity index (χ3n) is 4.97. The van der Waals surface area contributed by atoms with Gasteiger partial charge >= 0.3 is 0 Å². The van der Waals surface area contributed by atoms with E-state index < -0.39 is 0 Å². The van der Waals surface area contributed by atoms with E-state index in [9.17, 15) is 0 Å². The summed E-state index contributed by atoms with van der Waals surface area (Å²) in [5.41, 5.74) is 5.99. The summed E-state index contributed by atoms with van der Waals surface area (Å²) in [6.07, 6.45) is 2.87. The van der Waals surface area contributed by atoms with Gasteiger partial charge in [-0.05, 0) is 35.9 Å². The lowest BCUT2D eigenvalue weighted by molar-refractivity contribution is 0.974. The Kier molecular flexibility index (Phi) is 3.34. The normalized spacial score (nSPS) is 13.2. The molecule has 120 valence electrons. The molecule has 0 saturated heterocycles. The summed E-state index contributed by atoms with van der Waals surface area (Å²) in [5, 5.41) is 3.73. The van der Waals surface area contributed by atoms with Crippen molar-refractivity contribution >= 4 is 33.1 Å². The van der Waals surface area contributed by atoms with Crippen molar-refractivity contribution in [3.05, 3.63) is 84.1 Å². The minimum absolute atomic E-state index is 0.940. The van der Waals surface area contributed by atoms with Gasteiger partial charge in [0, 0.05) is 28.6 Å². The number of hydrogen-bond donors (Lipinski definition) is 0. The second-order valence-electron chi connectivity index (χ2n) is 6.64. The summed E-state index contributed by atoms with van der Waals surface area (Å²) < 4.78 is 0. The van der Waals surface area contributed by atoms with E-state index in [2.05, 4.69) is 66.7 Å². The third-order valence-corrected chi connectivity index (χ3v) is 4.97. The molecule has 0 radical (unpaired) electrons. The number of nitrogens with zero attached hydrogens (tertiary/aromatic N) is 2. The monoisotopic (exact) mass is 322 g/mol. The SMILES string of the molecule is c1ccc2nc(CCC3=Nc4c(ccc5ccccc45)C3)ccc2c1. The maximum absolute atomic E-state index is 4.95. The highest BCUT2D eigenvalue weighted by Crippen LogP contribution is 2.35. The summed E-state index contributed by atoms with van der Waals surface area (Å²) in [6.45, 7) is 0. The predicted octanol–water partition coefficient (Wildman–Crippen LogP) is 5.65. The fraction of sp³-hybridized carbons (Fsp3) is 0.130. The van der Waals surface area contributed by atoms with Gasteiger partial charge in [-0.2, -0.15) is 0 Å². The standard InChI is InChI=1S/C23H18N2/c1-3-7-21-16(5-1)9-10-18-15-20(25-23(18)21)14-13-19-12-11-17-6-2-4-8-22(17)24-19/h1-12H,13-15H2. The van der Waals surface area contributed by atoms with E-state index in [0.29, 0.717) is 0 Å². The Morgan fingerprint density at radius 1 is 0.720 bits per heavy atom. The fourth-order valence-corrected chi connectivity index (χ4v) is 3.66. The molecule has 2 heteroatoms. The molecule has 0 saturated carbocycles. The average Bonchev–Trinajstić information content (AvgIpc) is 3.10. The maximum atomic E-state index is 4.95. The zero-order chi connectivity index (χ0) is 16.6. The number of fused-ring (bicyclic) bond motifs is 4. The van der Waals surface area contributed by atoms with Crippen molar-refractivity contribution in [2.24, 2.45) is 4.99 Å². The van der Waals surface area contributed by atoms with Crippen molar-refractivity contribution < 1.29 is 0 Å². The first-order chi connectivity index (χ1) is 12.4. The van der Waals surface area contributed by atoms with Gasteiger partial charge in [0.25, 0.3) is 0 Å². The van der Waals surface area contributed by atoms with Gasteiger partial charge in [0.15, 0.2) is 0 Å². The molecule has 0 atom stereocenters. The number of aryl methyl sites for hydroxylation is 1. The van der Waals surface area contributed by atoms with E-state index in [-0.39, 0.29) is 0 Å². The molecule has 0 amide bonds. The van der Waals surface area contributed by atoms with Crippen molar-refractivity contribution in [3.8, 4) is 0 Å². The van der Waals surface area contributed by atoms with E-state index in [1.807, 2.05) is 6.07 Å². The van der Waals surface area contributed by atoms with Gasteiger partial charge in [-0.25, -0.2) is 0 Å². The van der Waals surface area contributed by atoms with E-state index >= 15 is 0 Å². The molecule has 3 aromatic carbocycles. The Morgan fingerprint density at radius 2 is 1.52 bits per heavy atom. The van der Waals surface area contributed by atoms with Crippen LogP contribution in [0.15, 0.2) is 77.8 Å². The van der Waals surface area contributed by atoms with Gasteiger partial charge in [-0.15, -0.1) is 0 Å². The van der Waals surface area contributed by atoms with Crippen molar-refractivity contribution in [3.63, 3.8) is 0 Å². The third kappa shape index (κ3) is 2.60. The zero-order valence-corrected chi connectivity index (χ0v) is 13.9. The molecule has 0 bridgehead atoms. The highest BCUT2D eigenvalue weighted by molar-refractivity contribution is 6.03. The molecule has 0 unspecified atom stereocenters. The summed E-state index contributed by atoms with van der Waals surface area (Å²) in [6, 6.07) is 25.5. The fourth-order valence-electron chi connectivity index (χ4n) is 3.66. The van der Waals surface area contributed by atoms with Crippen molar-refractivity contribution in [1.29, 1.82) is 0 Å². The van der Waals surface area contributed by atoms with Crippen LogP contribution in [-0.4, -0.2) is 10.7 Å². The molecule has 0 aliphatic carbocycles. The molecular weight excluding hydrogens is 304 g/mol. The van der Waals surface area contributed by atoms with Crippen LogP contribution in [0.5, 0.6) is 0 Å². The highest BCUT2D eigenvalue weighted by Gasteiger charge is 2.16. The Balaban J connectivity index is 1.40. The Hall–Kier alpha value is -3.00. The molecular formula is C23H18N2. The number of aliphatic imine (C=N–C) groups is 1. The lowest BCUT2D eigenvalue weighted by Gasteiger charge is -2.03. The Labute approximate surface area is 146 Å². The first-order valence-corrected chi connectivity index (χ1v) is 8.78. The summed E-state index contributed by atoms with van der Waals surface area (Å²) in [7, 11) is 0. The van der Waals surface area contributed by atoms with Crippen LogP contribution in [0.1, 0.15) is 17.7 Å². The molecule has 0 fully saturated rings. The van der Waals surface area contributed by atoms with Crippen LogP contribution < -0.4 is 0 Å². The summed E-state index contributed by atoms with van der Waals surface area (Å²) in [4.78, 5) is 9.73. The molecule has 0 N–H and O–H groups in total. The Bertz CT molecular complexity index is 1130. The lowest BCUT2D eigenvalue weighted by Crippen LogP contribution is -2.01. The second-order valence-corrected chi connectivity index (χ2v) is 6.64. The molecule has 4 aromatic rings. The predicted molar refractivity (Wildman–Crippen MR) is 105 cm³/mol. The topological polar surface area (TPSA) is 25.2 Å². The van der Waals surface area contributed by atoms with Gasteiger partial charge in [0.1, 0.15) is 0 Å². The first kappa shape index (κ1) is 14.4. The molecule has 25 heavy (non-hydrogen) atoms. The smallest absolute Gasteiger partial charge is 0.0743 e. The minimum atomic E-state index is 0.940. The quantitative estimate of drug-likeness (QED) is 0.478. The maximum Gasteiger partial charge on any atom is 0.0743 e. The van der Waals surface area contributed by atoms with Gasteiger partial charge in [-0.3, -0.25) is 9.98 Å². The van der Waals surface area contributed by atoms with Crippen molar-refractivity contribution in [1.82, 2.24) is 4.98 Å². The van der Waals surface area contributed by atoms with E-state index in [1.165, 1.54) is 33.1 Å². The largest absolute Gasteiger partial charge is 0.257 e. The summed E-state index contributed by atoms with van der Waals surface area (Å²) >= 11 is 0. The van der Waals surface area contributed by atoms with E-state index in [0.717, 1.165) is 30.5 Å². The number of hydrogen-bond acceptors (Lipinski definition) is 2. The van der Waals surface area contributed by atoms with Gasteiger partial charge in [0.2, 0.25) is 0 Å². The molecule has 2 heterocycles. The molecule has 1 aromatic heterocycles. The van der Waals surface area contributed by atoms with Gasteiger partial charge in [-0.1, -0.05) is 60.7 Å². The zero-order valence-electron chi connectivity index (χ0n) is 13.9. The van der Waals surface area contributed by atoms with Crippen molar-refractivity contribution in [2.45, 2.75) is 19.3 Å². The number of aromatic nitrogens is 1. The number of benzene rings is 3. The van der Waals surface area contributed by atoms with Crippen LogP contribution in [0, 0.1) is 0 Å². The van der Waals surface area contributed by atoms with Crippen LogP contribution in [0.3, 0.4) is 0 Å². The van der Waals surface area contributed by atoms with E-state index in [1.54, 1.807) is 0 Å². The van der Waals surface area contributed by atoms with E-state index in [4.69, 9.17) is 9.98 Å². The number of rotatable bonds is 3. The lowest BCUT2D eigenvalue weighted by atomic mass is 10.0. The number of pyridine rings is 1. The Morgan fingerprint density at radius 3 is 2.48 bits per heavy atom. The van der Waals surface area contributed by atoms with Crippen LogP contribution in [0.2, 0.25) is 0 Å². The molecule has 1 aliphatic rings. The summed E-state index contributed by atoms with van der Waals surface area (Å²) in [5.74, 6) is 0. The molecule has 0 spiro atoms. The average molecular weight is 322 g/mol. The van der Waals surface area contributed by atoms with Crippen LogP contribution in [0.4, 0.5) is 5.69 Å².